The van der Waals surface area contributed by atoms with Crippen LogP contribution in [0.25, 0.3) is 6.08 Å². The number of hydrogen-bond acceptors (Lipinski definition) is 2. The number of rotatable bonds is 5. The minimum absolute atomic E-state index is 0.789. The van der Waals surface area contributed by atoms with Gasteiger partial charge in [0.25, 0.3) is 0 Å². The highest BCUT2D eigenvalue weighted by Gasteiger charge is 2.21. The molecule has 21 heavy (non-hydrogen) atoms. The summed E-state index contributed by atoms with van der Waals surface area (Å²) >= 11 is 0. The van der Waals surface area contributed by atoms with Gasteiger partial charge in [-0.25, -0.2) is 4.79 Å². The van der Waals surface area contributed by atoms with Crippen molar-refractivity contribution in [3.63, 3.8) is 0 Å². The first-order valence-electron chi connectivity index (χ1n) is 7.77. The standard InChI is InChI=1S/C18H25NO2/c1-14(2)17-8-10-19(11-9-17)13-16-5-3-4-15(12-16)6-7-18(20)21/h3-7,12,14,17H,8-11,13H2,1-2H3,(H,20,21)/b7-6+. The SMILES string of the molecule is CC(C)C1CCN(Cc2cccc(/C=C/C(=O)O)c2)CC1. The summed E-state index contributed by atoms with van der Waals surface area (Å²) in [7, 11) is 0. The molecule has 1 N–H and O–H groups in total. The molecule has 1 aliphatic heterocycles. The van der Waals surface area contributed by atoms with E-state index >= 15 is 0 Å². The molecular formula is C18H25NO2. The van der Waals surface area contributed by atoms with E-state index in [1.807, 2.05) is 12.1 Å². The smallest absolute Gasteiger partial charge is 0.328 e. The van der Waals surface area contributed by atoms with Crippen LogP contribution < -0.4 is 0 Å². The van der Waals surface area contributed by atoms with E-state index in [1.54, 1.807) is 6.08 Å². The number of piperidine rings is 1. The summed E-state index contributed by atoms with van der Waals surface area (Å²) in [4.78, 5) is 13.1. The van der Waals surface area contributed by atoms with Gasteiger partial charge in [0, 0.05) is 12.6 Å². The lowest BCUT2D eigenvalue weighted by Crippen LogP contribution is -2.34. The van der Waals surface area contributed by atoms with E-state index in [-0.39, 0.29) is 0 Å². The monoisotopic (exact) mass is 287 g/mol. The van der Waals surface area contributed by atoms with Crippen LogP contribution in [0.4, 0.5) is 0 Å². The maximum atomic E-state index is 10.6. The Morgan fingerprint density at radius 1 is 1.38 bits per heavy atom. The van der Waals surface area contributed by atoms with Crippen molar-refractivity contribution in [1.29, 1.82) is 0 Å². The zero-order valence-corrected chi connectivity index (χ0v) is 13.0. The lowest BCUT2D eigenvalue weighted by molar-refractivity contribution is -0.131. The molecule has 0 radical (unpaired) electrons. The molecule has 0 atom stereocenters. The molecule has 0 saturated carbocycles. The van der Waals surface area contributed by atoms with Crippen LogP contribution in [0.2, 0.25) is 0 Å². The maximum Gasteiger partial charge on any atom is 0.328 e. The van der Waals surface area contributed by atoms with Crippen LogP contribution in [-0.4, -0.2) is 29.1 Å². The first kappa shape index (κ1) is 15.8. The van der Waals surface area contributed by atoms with Crippen molar-refractivity contribution in [3.8, 4) is 0 Å². The fourth-order valence-corrected chi connectivity index (χ4v) is 3.00. The fraction of sp³-hybridized carbons (Fsp3) is 0.500. The normalized spacial score (nSPS) is 17.7. The third kappa shape index (κ3) is 5.01. The molecule has 1 aromatic rings. The van der Waals surface area contributed by atoms with Crippen molar-refractivity contribution in [3.05, 3.63) is 41.5 Å². The summed E-state index contributed by atoms with van der Waals surface area (Å²) < 4.78 is 0. The third-order valence-corrected chi connectivity index (χ3v) is 4.35. The molecule has 114 valence electrons. The van der Waals surface area contributed by atoms with Gasteiger partial charge < -0.3 is 5.11 Å². The predicted molar refractivity (Wildman–Crippen MR) is 86.0 cm³/mol. The van der Waals surface area contributed by atoms with Gasteiger partial charge in [-0.3, -0.25) is 4.90 Å². The quantitative estimate of drug-likeness (QED) is 0.840. The Labute approximate surface area is 127 Å². The van der Waals surface area contributed by atoms with Gasteiger partial charge in [-0.1, -0.05) is 38.1 Å². The Morgan fingerprint density at radius 2 is 2.10 bits per heavy atom. The van der Waals surface area contributed by atoms with Crippen LogP contribution in [0, 0.1) is 11.8 Å². The van der Waals surface area contributed by atoms with Gasteiger partial charge in [0.15, 0.2) is 0 Å². The van der Waals surface area contributed by atoms with E-state index in [9.17, 15) is 4.79 Å². The molecule has 0 unspecified atom stereocenters. The third-order valence-electron chi connectivity index (χ3n) is 4.35. The van der Waals surface area contributed by atoms with Gasteiger partial charge in [0.05, 0.1) is 0 Å². The van der Waals surface area contributed by atoms with Gasteiger partial charge in [-0.2, -0.15) is 0 Å². The molecule has 1 aliphatic rings. The van der Waals surface area contributed by atoms with Crippen molar-refractivity contribution >= 4 is 12.0 Å². The first-order chi connectivity index (χ1) is 10.0. The van der Waals surface area contributed by atoms with Crippen molar-refractivity contribution in [2.45, 2.75) is 33.2 Å². The van der Waals surface area contributed by atoms with Gasteiger partial charge in [0.1, 0.15) is 0 Å². The largest absolute Gasteiger partial charge is 0.478 e. The molecule has 1 aromatic carbocycles. The van der Waals surface area contributed by atoms with Crippen LogP contribution >= 0.6 is 0 Å². The predicted octanol–water partition coefficient (Wildman–Crippen LogP) is 3.65. The van der Waals surface area contributed by atoms with Gasteiger partial charge >= 0.3 is 5.97 Å². The first-order valence-corrected chi connectivity index (χ1v) is 7.77. The Kier molecular flexibility index (Phi) is 5.57. The molecule has 0 bridgehead atoms. The average Bonchev–Trinajstić information content (AvgIpc) is 2.46. The number of likely N-dealkylation sites (tertiary alicyclic amines) is 1. The number of nitrogens with zero attached hydrogens (tertiary/aromatic N) is 1. The molecule has 2 rings (SSSR count). The number of hydrogen-bond donors (Lipinski definition) is 1. The number of carbonyl (C=O) groups is 1. The Hall–Kier alpha value is -1.61. The maximum absolute atomic E-state index is 10.6. The van der Waals surface area contributed by atoms with Crippen LogP contribution in [0.3, 0.4) is 0 Å². The number of aliphatic carboxylic acids is 1. The zero-order chi connectivity index (χ0) is 15.2. The lowest BCUT2D eigenvalue weighted by atomic mass is 9.86. The summed E-state index contributed by atoms with van der Waals surface area (Å²) in [6.07, 6.45) is 5.41. The second-order valence-electron chi connectivity index (χ2n) is 6.27. The topological polar surface area (TPSA) is 40.5 Å². The van der Waals surface area contributed by atoms with E-state index in [2.05, 4.69) is 30.9 Å². The second-order valence-corrected chi connectivity index (χ2v) is 6.27. The zero-order valence-electron chi connectivity index (χ0n) is 13.0. The molecular weight excluding hydrogens is 262 g/mol. The molecule has 0 spiro atoms. The summed E-state index contributed by atoms with van der Waals surface area (Å²) in [6, 6.07) is 8.13. The molecule has 1 heterocycles. The Bertz CT molecular complexity index is 500. The van der Waals surface area contributed by atoms with Crippen LogP contribution in [0.1, 0.15) is 37.8 Å². The molecule has 0 aromatic heterocycles. The fourth-order valence-electron chi connectivity index (χ4n) is 3.00. The van der Waals surface area contributed by atoms with Crippen LogP contribution in [0.15, 0.2) is 30.3 Å². The molecule has 3 nitrogen and oxygen atoms in total. The summed E-state index contributed by atoms with van der Waals surface area (Å²) in [5.41, 5.74) is 2.21. The molecule has 1 saturated heterocycles. The van der Waals surface area contributed by atoms with Gasteiger partial charge in [0.2, 0.25) is 0 Å². The van der Waals surface area contributed by atoms with E-state index in [0.717, 1.165) is 37.0 Å². The highest BCUT2D eigenvalue weighted by atomic mass is 16.4. The highest BCUT2D eigenvalue weighted by molar-refractivity contribution is 5.85. The lowest BCUT2D eigenvalue weighted by Gasteiger charge is -2.33. The summed E-state index contributed by atoms with van der Waals surface area (Å²) in [5.74, 6) is 0.749. The van der Waals surface area contributed by atoms with Crippen LogP contribution in [-0.2, 0) is 11.3 Å². The van der Waals surface area contributed by atoms with E-state index in [4.69, 9.17) is 5.11 Å². The van der Waals surface area contributed by atoms with Crippen molar-refractivity contribution in [2.24, 2.45) is 11.8 Å². The molecule has 0 aliphatic carbocycles. The average molecular weight is 287 g/mol. The highest BCUT2D eigenvalue weighted by Crippen LogP contribution is 2.25. The second kappa shape index (κ2) is 7.41. The van der Waals surface area contributed by atoms with Gasteiger partial charge in [-0.15, -0.1) is 0 Å². The Balaban J connectivity index is 1.92. The van der Waals surface area contributed by atoms with E-state index in [0.29, 0.717) is 0 Å². The number of carboxylic acid groups (broad SMARTS) is 1. The minimum atomic E-state index is -0.906. The Morgan fingerprint density at radius 3 is 2.71 bits per heavy atom. The number of carboxylic acids is 1. The van der Waals surface area contributed by atoms with Crippen LogP contribution in [0.5, 0.6) is 0 Å². The van der Waals surface area contributed by atoms with Crippen molar-refractivity contribution in [1.82, 2.24) is 4.90 Å². The van der Waals surface area contributed by atoms with E-state index in [1.165, 1.54) is 24.5 Å². The molecule has 1 fully saturated rings. The summed E-state index contributed by atoms with van der Waals surface area (Å²) in [6.45, 7) is 7.92. The molecule has 3 heteroatoms. The molecule has 0 amide bonds. The van der Waals surface area contributed by atoms with Gasteiger partial charge in [-0.05, 0) is 55.0 Å². The van der Waals surface area contributed by atoms with Crippen molar-refractivity contribution in [2.75, 3.05) is 13.1 Å². The minimum Gasteiger partial charge on any atom is -0.478 e. The van der Waals surface area contributed by atoms with E-state index < -0.39 is 5.97 Å². The number of benzene rings is 1. The summed E-state index contributed by atoms with van der Waals surface area (Å²) in [5, 5.41) is 8.68. The van der Waals surface area contributed by atoms with Crippen molar-refractivity contribution < 1.29 is 9.90 Å².